The number of aromatic nitrogens is 2. The minimum absolute atomic E-state index is 0.0487. The van der Waals surface area contributed by atoms with Gasteiger partial charge in [0.15, 0.2) is 0 Å². The van der Waals surface area contributed by atoms with Gasteiger partial charge in [0.1, 0.15) is 5.69 Å². The molecule has 0 saturated heterocycles. The molecule has 18 heavy (non-hydrogen) atoms. The predicted octanol–water partition coefficient (Wildman–Crippen LogP) is 4.03. The van der Waals surface area contributed by atoms with Crippen LogP contribution in [0.4, 0.5) is 0 Å². The molecule has 2 aromatic rings. The Morgan fingerprint density at radius 3 is 2.61 bits per heavy atom. The topological polar surface area (TPSA) is 34.9 Å². The van der Waals surface area contributed by atoms with Crippen molar-refractivity contribution in [3.63, 3.8) is 0 Å². The van der Waals surface area contributed by atoms with Crippen LogP contribution in [-0.2, 0) is 0 Å². The van der Waals surface area contributed by atoms with Gasteiger partial charge in [-0.1, -0.05) is 11.6 Å². The van der Waals surface area contributed by atoms with Crippen LogP contribution in [0.25, 0.3) is 0 Å². The molecule has 0 radical (unpaired) electrons. The number of carbonyl (C=O) groups excluding carboxylic acids is 1. The minimum Gasteiger partial charge on any atom is -0.286 e. The number of nitrogens with zero attached hydrogens (tertiary/aromatic N) is 2. The summed E-state index contributed by atoms with van der Waals surface area (Å²) in [6.45, 7) is 7.97. The summed E-state index contributed by atoms with van der Waals surface area (Å²) < 4.78 is 1.68. The maximum atomic E-state index is 12.5. The zero-order chi connectivity index (χ0) is 13.4. The number of ketones is 1. The molecule has 0 aromatic carbocycles. The van der Waals surface area contributed by atoms with Crippen LogP contribution in [0.1, 0.15) is 45.7 Å². The van der Waals surface area contributed by atoms with Crippen molar-refractivity contribution in [1.29, 1.82) is 0 Å². The molecular formula is C13H15ClN2OS. The first-order valence-corrected chi connectivity index (χ1v) is 6.96. The van der Waals surface area contributed by atoms with Crippen LogP contribution in [-0.4, -0.2) is 15.6 Å². The maximum absolute atomic E-state index is 12.5. The summed E-state index contributed by atoms with van der Waals surface area (Å²) >= 11 is 7.58. The van der Waals surface area contributed by atoms with Crippen LogP contribution in [0.3, 0.4) is 0 Å². The largest absolute Gasteiger partial charge is 0.286 e. The Kier molecular flexibility index (Phi) is 3.59. The van der Waals surface area contributed by atoms with E-state index in [2.05, 4.69) is 5.10 Å². The molecule has 2 aromatic heterocycles. The first-order valence-electron chi connectivity index (χ1n) is 5.76. The second kappa shape index (κ2) is 4.86. The van der Waals surface area contributed by atoms with Gasteiger partial charge in [0, 0.05) is 10.9 Å². The molecule has 0 unspecified atom stereocenters. The van der Waals surface area contributed by atoms with Crippen LogP contribution in [0, 0.1) is 13.8 Å². The van der Waals surface area contributed by atoms with Crippen LogP contribution in [0.15, 0.2) is 12.3 Å². The molecule has 2 rings (SSSR count). The summed E-state index contributed by atoms with van der Waals surface area (Å²) in [4.78, 5) is 14.4. The van der Waals surface area contributed by atoms with Gasteiger partial charge < -0.3 is 0 Å². The molecule has 0 amide bonds. The Morgan fingerprint density at radius 2 is 2.11 bits per heavy atom. The highest BCUT2D eigenvalue weighted by Gasteiger charge is 2.22. The van der Waals surface area contributed by atoms with E-state index < -0.39 is 0 Å². The van der Waals surface area contributed by atoms with Crippen LogP contribution >= 0.6 is 22.9 Å². The highest BCUT2D eigenvalue weighted by atomic mass is 35.5. The fraction of sp³-hybridized carbons (Fsp3) is 0.385. The van der Waals surface area contributed by atoms with E-state index in [-0.39, 0.29) is 11.8 Å². The van der Waals surface area contributed by atoms with Crippen molar-refractivity contribution in [3.05, 3.63) is 38.3 Å². The van der Waals surface area contributed by atoms with Crippen molar-refractivity contribution in [3.8, 4) is 0 Å². The minimum atomic E-state index is -0.0487. The normalized spacial score (nSPS) is 11.2. The molecule has 0 N–H and O–H groups in total. The van der Waals surface area contributed by atoms with Gasteiger partial charge in [-0.15, -0.1) is 11.3 Å². The highest BCUT2D eigenvalue weighted by Crippen LogP contribution is 2.27. The fourth-order valence-electron chi connectivity index (χ4n) is 1.75. The van der Waals surface area contributed by atoms with Crippen molar-refractivity contribution in [2.75, 3.05) is 0 Å². The maximum Gasteiger partial charge on any atom is 0.222 e. The van der Waals surface area contributed by atoms with Crippen molar-refractivity contribution < 1.29 is 4.79 Å². The van der Waals surface area contributed by atoms with Gasteiger partial charge in [0.05, 0.1) is 16.1 Å². The Hall–Kier alpha value is -1.13. The summed E-state index contributed by atoms with van der Waals surface area (Å²) in [5.41, 5.74) is 1.61. The first-order chi connectivity index (χ1) is 8.41. The number of halogens is 1. The van der Waals surface area contributed by atoms with Crippen molar-refractivity contribution in [2.24, 2.45) is 0 Å². The Labute approximate surface area is 115 Å². The van der Waals surface area contributed by atoms with Gasteiger partial charge in [-0.2, -0.15) is 5.10 Å². The molecule has 5 heteroatoms. The molecule has 0 bridgehead atoms. The quantitative estimate of drug-likeness (QED) is 0.797. The van der Waals surface area contributed by atoms with E-state index in [1.807, 2.05) is 33.8 Å². The molecular weight excluding hydrogens is 268 g/mol. The van der Waals surface area contributed by atoms with Gasteiger partial charge in [-0.3, -0.25) is 9.48 Å². The smallest absolute Gasteiger partial charge is 0.222 e. The van der Waals surface area contributed by atoms with Gasteiger partial charge in [0.25, 0.3) is 0 Å². The molecule has 0 saturated carbocycles. The number of aryl methyl sites for hydroxylation is 2. The lowest BCUT2D eigenvalue weighted by Gasteiger charge is -2.09. The average Bonchev–Trinajstić information content (AvgIpc) is 2.83. The molecule has 0 spiro atoms. The molecule has 0 aliphatic rings. The lowest BCUT2D eigenvalue weighted by molar-refractivity contribution is 0.103. The molecule has 2 heterocycles. The van der Waals surface area contributed by atoms with E-state index in [1.54, 1.807) is 4.68 Å². The fourth-order valence-corrected chi connectivity index (χ4v) is 2.94. The number of hydrogen-bond donors (Lipinski definition) is 0. The zero-order valence-corrected chi connectivity index (χ0v) is 12.4. The van der Waals surface area contributed by atoms with Gasteiger partial charge >= 0.3 is 0 Å². The Balaban J connectivity index is 2.49. The summed E-state index contributed by atoms with van der Waals surface area (Å²) in [5.74, 6) is -0.0487. The van der Waals surface area contributed by atoms with Crippen LogP contribution < -0.4 is 0 Å². The van der Waals surface area contributed by atoms with E-state index in [4.69, 9.17) is 11.6 Å². The second-order valence-corrected chi connectivity index (χ2v) is 6.22. The number of thiophene rings is 1. The summed E-state index contributed by atoms with van der Waals surface area (Å²) in [5, 5.41) is 4.57. The molecule has 0 atom stereocenters. The van der Waals surface area contributed by atoms with Crippen molar-refractivity contribution >= 4 is 28.7 Å². The Bertz CT molecular complexity index is 579. The lowest BCUT2D eigenvalue weighted by atomic mass is 10.2. The number of hydrogen-bond acceptors (Lipinski definition) is 3. The third kappa shape index (κ3) is 2.22. The molecule has 96 valence electrons. The standard InChI is InChI=1S/C13H15ClN2OS/c1-7(2)16-12(10(14)6-15-16)13(17)11-5-8(3)9(4)18-11/h5-7H,1-4H3. The zero-order valence-electron chi connectivity index (χ0n) is 10.8. The van der Waals surface area contributed by atoms with E-state index in [1.165, 1.54) is 17.5 Å². The van der Waals surface area contributed by atoms with Crippen molar-refractivity contribution in [2.45, 2.75) is 33.7 Å². The summed E-state index contributed by atoms with van der Waals surface area (Å²) in [6, 6.07) is 2.02. The second-order valence-electron chi connectivity index (χ2n) is 4.56. The van der Waals surface area contributed by atoms with E-state index in [9.17, 15) is 4.79 Å². The predicted molar refractivity (Wildman–Crippen MR) is 74.8 cm³/mol. The lowest BCUT2D eigenvalue weighted by Crippen LogP contribution is -2.13. The monoisotopic (exact) mass is 282 g/mol. The molecule has 0 fully saturated rings. The van der Waals surface area contributed by atoms with E-state index in [0.29, 0.717) is 15.6 Å². The number of rotatable bonds is 3. The SMILES string of the molecule is Cc1cc(C(=O)c2c(Cl)cnn2C(C)C)sc1C. The highest BCUT2D eigenvalue weighted by molar-refractivity contribution is 7.14. The van der Waals surface area contributed by atoms with Gasteiger partial charge in [0.2, 0.25) is 5.78 Å². The van der Waals surface area contributed by atoms with Crippen LogP contribution in [0.2, 0.25) is 5.02 Å². The third-order valence-corrected chi connectivity index (χ3v) is 4.27. The third-order valence-electron chi connectivity index (χ3n) is 2.84. The van der Waals surface area contributed by atoms with E-state index >= 15 is 0 Å². The first kappa shape index (κ1) is 13.3. The van der Waals surface area contributed by atoms with Gasteiger partial charge in [-0.05, 0) is 39.3 Å². The van der Waals surface area contributed by atoms with Gasteiger partial charge in [-0.25, -0.2) is 0 Å². The molecule has 3 nitrogen and oxygen atoms in total. The summed E-state index contributed by atoms with van der Waals surface area (Å²) in [7, 11) is 0. The van der Waals surface area contributed by atoms with Crippen molar-refractivity contribution in [1.82, 2.24) is 9.78 Å². The molecule has 0 aliphatic heterocycles. The average molecular weight is 283 g/mol. The van der Waals surface area contributed by atoms with E-state index in [0.717, 1.165) is 10.4 Å². The number of carbonyl (C=O) groups is 1. The van der Waals surface area contributed by atoms with Crippen LogP contribution in [0.5, 0.6) is 0 Å². The molecule has 0 aliphatic carbocycles. The Morgan fingerprint density at radius 1 is 1.44 bits per heavy atom. The summed E-state index contributed by atoms with van der Waals surface area (Å²) in [6.07, 6.45) is 1.53.